The van der Waals surface area contributed by atoms with Crippen molar-refractivity contribution < 1.29 is 9.84 Å². The zero-order valence-electron chi connectivity index (χ0n) is 19.0. The molecule has 1 heterocycles. The second kappa shape index (κ2) is 6.72. The predicted octanol–water partition coefficient (Wildman–Crippen LogP) is 5.23. The first-order chi connectivity index (χ1) is 14.4. The van der Waals surface area contributed by atoms with E-state index < -0.39 is 0 Å². The van der Waals surface area contributed by atoms with E-state index in [0.717, 1.165) is 42.6 Å². The van der Waals surface area contributed by atoms with Gasteiger partial charge in [-0.3, -0.25) is 0 Å². The van der Waals surface area contributed by atoms with Crippen molar-refractivity contribution in [2.24, 2.45) is 35.0 Å². The quantitative estimate of drug-likeness (QED) is 0.680. The second-order valence-corrected chi connectivity index (χ2v) is 12.0. The first-order valence-electron chi connectivity index (χ1n) is 12.5. The van der Waals surface area contributed by atoms with E-state index in [2.05, 4.69) is 50.2 Å². The molecular weight excluding hydrogens is 370 g/mol. The summed E-state index contributed by atoms with van der Waals surface area (Å²) >= 11 is 0. The highest BCUT2D eigenvalue weighted by Gasteiger charge is 2.62. The number of hydrogen-bond acceptors (Lipinski definition) is 3. The fraction of sp³-hybridized carbons (Fsp3) is 0.778. The number of ether oxygens (including phenoxy) is 1. The highest BCUT2D eigenvalue weighted by molar-refractivity contribution is 5.47. The monoisotopic (exact) mass is 409 g/mol. The van der Waals surface area contributed by atoms with Gasteiger partial charge in [0, 0.05) is 19.8 Å². The molecule has 30 heavy (non-hydrogen) atoms. The normalized spacial score (nSPS) is 49.3. The van der Waals surface area contributed by atoms with Crippen LogP contribution in [0, 0.1) is 35.0 Å². The number of hydrogen-bond donors (Lipinski definition) is 1. The molecule has 3 heteroatoms. The summed E-state index contributed by atoms with van der Waals surface area (Å²) in [6.07, 6.45) is 10.1. The minimum Gasteiger partial charge on any atom is -0.393 e. The lowest BCUT2D eigenvalue weighted by Gasteiger charge is -2.59. The van der Waals surface area contributed by atoms with Gasteiger partial charge >= 0.3 is 0 Å². The van der Waals surface area contributed by atoms with E-state index in [0.29, 0.717) is 5.92 Å². The maximum atomic E-state index is 11.0. The summed E-state index contributed by atoms with van der Waals surface area (Å²) in [4.78, 5) is 2.19. The van der Waals surface area contributed by atoms with Gasteiger partial charge in [-0.2, -0.15) is 0 Å². The van der Waals surface area contributed by atoms with Gasteiger partial charge in [-0.05, 0) is 110 Å². The third kappa shape index (κ3) is 2.84. The van der Waals surface area contributed by atoms with Crippen molar-refractivity contribution in [2.75, 3.05) is 25.6 Å². The summed E-state index contributed by atoms with van der Waals surface area (Å²) in [5, 5.41) is 11.0. The Morgan fingerprint density at radius 2 is 1.73 bits per heavy atom. The van der Waals surface area contributed by atoms with Crippen LogP contribution >= 0.6 is 0 Å². The second-order valence-electron chi connectivity index (χ2n) is 12.0. The minimum atomic E-state index is -0.112. The van der Waals surface area contributed by atoms with Crippen molar-refractivity contribution in [3.8, 4) is 0 Å². The summed E-state index contributed by atoms with van der Waals surface area (Å²) in [5.41, 5.74) is 3.19. The molecule has 4 saturated carbocycles. The molecule has 0 aromatic heterocycles. The molecule has 1 N–H and O–H groups in total. The minimum absolute atomic E-state index is 0.106. The maximum absolute atomic E-state index is 11.0. The van der Waals surface area contributed by atoms with Crippen molar-refractivity contribution >= 4 is 5.69 Å². The molecule has 1 aromatic rings. The number of fused-ring (bicyclic) bond motifs is 5. The van der Waals surface area contributed by atoms with E-state index in [9.17, 15) is 5.11 Å². The first kappa shape index (κ1) is 19.6. The zero-order chi connectivity index (χ0) is 20.7. The van der Waals surface area contributed by atoms with Crippen LogP contribution in [0.3, 0.4) is 0 Å². The average Bonchev–Trinajstić information content (AvgIpc) is 3.42. The van der Waals surface area contributed by atoms with Gasteiger partial charge in [-0.1, -0.05) is 19.1 Å². The predicted molar refractivity (Wildman–Crippen MR) is 121 cm³/mol. The Labute approximate surface area is 182 Å². The van der Waals surface area contributed by atoms with Crippen molar-refractivity contribution in [3.63, 3.8) is 0 Å². The van der Waals surface area contributed by atoms with Gasteiger partial charge in [0.25, 0.3) is 0 Å². The van der Waals surface area contributed by atoms with E-state index in [4.69, 9.17) is 4.74 Å². The van der Waals surface area contributed by atoms with Gasteiger partial charge in [-0.25, -0.2) is 0 Å². The van der Waals surface area contributed by atoms with Crippen molar-refractivity contribution in [1.29, 1.82) is 0 Å². The zero-order valence-corrected chi connectivity index (χ0v) is 19.0. The summed E-state index contributed by atoms with van der Waals surface area (Å²) in [6, 6.07) is 9.41. The van der Waals surface area contributed by atoms with Gasteiger partial charge in [0.2, 0.25) is 0 Å². The van der Waals surface area contributed by atoms with E-state index in [1.807, 2.05) is 0 Å². The van der Waals surface area contributed by atoms with Crippen LogP contribution in [-0.4, -0.2) is 37.5 Å². The van der Waals surface area contributed by atoms with Gasteiger partial charge in [0.05, 0.1) is 18.3 Å². The van der Waals surface area contributed by atoms with E-state index >= 15 is 0 Å². The topological polar surface area (TPSA) is 36.0 Å². The van der Waals surface area contributed by atoms with Crippen LogP contribution < -0.4 is 4.90 Å². The molecule has 164 valence electrons. The third-order valence-corrected chi connectivity index (χ3v) is 10.4. The molecule has 1 aliphatic heterocycles. The lowest BCUT2D eigenvalue weighted by Crippen LogP contribution is -2.53. The number of rotatable bonds is 2. The van der Waals surface area contributed by atoms with Gasteiger partial charge in [0.1, 0.15) is 0 Å². The SMILES string of the molecule is CN(C)c1ccc([C@H]2C[C@@]3(C)C(CC[C@@H]3O)C3CC[C@H]4C[C@]5(CC[C@@H]4C32)CO5)cc1. The average molecular weight is 410 g/mol. The van der Waals surface area contributed by atoms with Crippen LogP contribution in [0.1, 0.15) is 69.8 Å². The van der Waals surface area contributed by atoms with E-state index in [1.54, 1.807) is 0 Å². The summed E-state index contributed by atoms with van der Waals surface area (Å²) in [6.45, 7) is 3.44. The Morgan fingerprint density at radius 1 is 0.967 bits per heavy atom. The van der Waals surface area contributed by atoms with Crippen molar-refractivity contribution in [2.45, 2.75) is 75.9 Å². The third-order valence-electron chi connectivity index (χ3n) is 10.4. The maximum Gasteiger partial charge on any atom is 0.0919 e. The lowest BCUT2D eigenvalue weighted by molar-refractivity contribution is -0.0988. The van der Waals surface area contributed by atoms with Crippen LogP contribution in [0.25, 0.3) is 0 Å². The van der Waals surface area contributed by atoms with Crippen LogP contribution in [0.15, 0.2) is 24.3 Å². The van der Waals surface area contributed by atoms with Gasteiger partial charge in [0.15, 0.2) is 0 Å². The summed E-state index contributed by atoms with van der Waals surface area (Å²) in [7, 11) is 4.24. The molecule has 6 rings (SSSR count). The highest BCUT2D eigenvalue weighted by atomic mass is 16.6. The van der Waals surface area contributed by atoms with Crippen molar-refractivity contribution in [1.82, 2.24) is 0 Å². The molecule has 0 radical (unpaired) electrons. The van der Waals surface area contributed by atoms with Gasteiger partial charge < -0.3 is 14.7 Å². The highest BCUT2D eigenvalue weighted by Crippen LogP contribution is 2.67. The number of aliphatic hydroxyl groups excluding tert-OH is 1. The van der Waals surface area contributed by atoms with E-state index in [1.165, 1.54) is 56.2 Å². The largest absolute Gasteiger partial charge is 0.393 e. The molecule has 5 aliphatic rings. The molecule has 0 amide bonds. The molecule has 9 atom stereocenters. The Kier molecular flexibility index (Phi) is 4.39. The molecule has 4 aliphatic carbocycles. The smallest absolute Gasteiger partial charge is 0.0919 e. The summed E-state index contributed by atoms with van der Waals surface area (Å²) < 4.78 is 5.93. The van der Waals surface area contributed by atoms with E-state index in [-0.39, 0.29) is 17.1 Å². The number of benzene rings is 1. The molecule has 1 spiro atoms. The van der Waals surface area contributed by atoms with Crippen LogP contribution in [0.4, 0.5) is 5.69 Å². The molecule has 0 bridgehead atoms. The first-order valence-corrected chi connectivity index (χ1v) is 12.5. The number of aliphatic hydroxyl groups is 1. The Balaban J connectivity index is 1.37. The number of nitrogens with zero attached hydrogens (tertiary/aromatic N) is 1. The van der Waals surface area contributed by atoms with Crippen molar-refractivity contribution in [3.05, 3.63) is 29.8 Å². The van der Waals surface area contributed by atoms with Gasteiger partial charge in [-0.15, -0.1) is 0 Å². The Morgan fingerprint density at radius 3 is 2.43 bits per heavy atom. The van der Waals surface area contributed by atoms with Crippen LogP contribution in [0.2, 0.25) is 0 Å². The molecule has 1 saturated heterocycles. The van der Waals surface area contributed by atoms with Crippen LogP contribution in [-0.2, 0) is 4.74 Å². The Hall–Kier alpha value is -1.06. The number of epoxide rings is 1. The molecule has 3 nitrogen and oxygen atoms in total. The van der Waals surface area contributed by atoms with Crippen LogP contribution in [0.5, 0.6) is 0 Å². The molecular formula is C27H39NO2. The fourth-order valence-corrected chi connectivity index (χ4v) is 8.77. The Bertz CT molecular complexity index is 800. The number of anilines is 1. The fourth-order valence-electron chi connectivity index (χ4n) is 8.77. The molecule has 3 unspecified atom stereocenters. The standard InChI is InChI=1S/C27H39NO2/c1-26-15-22(17-4-7-19(8-5-17)28(2)3)25-20-12-13-27(16-30-27)14-18(20)6-9-21(25)23(26)10-11-24(26)29/h4-5,7-8,18,20-25,29H,6,9-16H2,1-3H3/t18-,20-,21?,22+,23?,24-,25?,26-,27+/m0/s1. The molecule has 5 fully saturated rings. The molecule has 1 aromatic carbocycles. The summed E-state index contributed by atoms with van der Waals surface area (Å²) in [5.74, 6) is 4.65. The lowest BCUT2D eigenvalue weighted by atomic mass is 9.46.